The number of rotatable bonds is 5. The molecule has 1 nitrogen and oxygen atoms in total. The molecule has 0 bridgehead atoms. The van der Waals surface area contributed by atoms with E-state index in [2.05, 4.69) is 209 Å². The van der Waals surface area contributed by atoms with E-state index in [-0.39, 0.29) is 0 Å². The third kappa shape index (κ3) is 5.31. The first-order valence-corrected chi connectivity index (χ1v) is 20.4. The summed E-state index contributed by atoms with van der Waals surface area (Å²) in [5.74, 6) is 0. The van der Waals surface area contributed by atoms with Crippen LogP contribution in [-0.2, 0) is 0 Å². The minimum absolute atomic E-state index is 1.22. The van der Waals surface area contributed by atoms with Crippen molar-refractivity contribution < 1.29 is 0 Å². The van der Waals surface area contributed by atoms with Gasteiger partial charge in [-0.05, 0) is 135 Å². The van der Waals surface area contributed by atoms with Crippen molar-refractivity contribution in [3.63, 3.8) is 0 Å². The summed E-state index contributed by atoms with van der Waals surface area (Å²) in [7, 11) is 0. The SMILES string of the molecule is Cc1ccc(-c2ccc(-c3cc(-c4ccc(-c5ccc(C)cc5)cc4)c4ccc5c6c(ccc3c46)cc3c4ccccc4n(-c4c(C)cc(C)cc4C)c35)cc2)cc1. The molecule has 0 aliphatic carbocycles. The Balaban J connectivity index is 1.21. The van der Waals surface area contributed by atoms with E-state index in [1.54, 1.807) is 0 Å². The summed E-state index contributed by atoms with van der Waals surface area (Å²) in [5.41, 5.74) is 20.1. The molecule has 0 aliphatic heterocycles. The predicted octanol–water partition coefficient (Wildman–Crippen LogP) is 15.9. The average Bonchev–Trinajstić information content (AvgIpc) is 3.56. The van der Waals surface area contributed by atoms with E-state index in [0.717, 1.165) is 0 Å². The zero-order valence-electron chi connectivity index (χ0n) is 33.6. The van der Waals surface area contributed by atoms with Crippen molar-refractivity contribution >= 4 is 54.1 Å². The molecule has 0 unspecified atom stereocenters. The van der Waals surface area contributed by atoms with Crippen LogP contribution in [0.1, 0.15) is 27.8 Å². The first-order chi connectivity index (χ1) is 28.3. The van der Waals surface area contributed by atoms with Crippen LogP contribution in [-0.4, -0.2) is 4.57 Å². The highest BCUT2D eigenvalue weighted by atomic mass is 15.0. The number of para-hydroxylation sites is 1. The monoisotopic (exact) mass is 741 g/mol. The maximum atomic E-state index is 2.55. The van der Waals surface area contributed by atoms with Gasteiger partial charge in [-0.1, -0.05) is 168 Å². The van der Waals surface area contributed by atoms with E-state index >= 15 is 0 Å². The van der Waals surface area contributed by atoms with Gasteiger partial charge < -0.3 is 4.57 Å². The first kappa shape index (κ1) is 34.3. The Bertz CT molecular complexity index is 3250. The van der Waals surface area contributed by atoms with Gasteiger partial charge in [-0.3, -0.25) is 0 Å². The molecule has 0 saturated heterocycles. The summed E-state index contributed by atoms with van der Waals surface area (Å²) in [6.07, 6.45) is 0. The summed E-state index contributed by atoms with van der Waals surface area (Å²) in [5, 5.41) is 10.3. The van der Waals surface area contributed by atoms with E-state index in [0.29, 0.717) is 0 Å². The van der Waals surface area contributed by atoms with Gasteiger partial charge in [-0.2, -0.15) is 0 Å². The number of fused-ring (bicyclic) bond motifs is 4. The van der Waals surface area contributed by atoms with E-state index in [4.69, 9.17) is 0 Å². The van der Waals surface area contributed by atoms with E-state index in [1.165, 1.54) is 132 Å². The lowest BCUT2D eigenvalue weighted by molar-refractivity contribution is 1.12. The molecule has 0 aliphatic rings. The third-order valence-electron chi connectivity index (χ3n) is 12.6. The molecule has 10 aromatic carbocycles. The van der Waals surface area contributed by atoms with Gasteiger partial charge in [0.05, 0.1) is 16.7 Å². The summed E-state index contributed by atoms with van der Waals surface area (Å²) in [6.45, 7) is 11.0. The molecule has 0 saturated carbocycles. The van der Waals surface area contributed by atoms with Gasteiger partial charge in [-0.15, -0.1) is 0 Å². The van der Waals surface area contributed by atoms with Crippen molar-refractivity contribution in [2.24, 2.45) is 0 Å². The average molecular weight is 742 g/mol. The minimum atomic E-state index is 1.22. The van der Waals surface area contributed by atoms with Gasteiger partial charge in [0.1, 0.15) is 0 Å². The van der Waals surface area contributed by atoms with Crippen LogP contribution in [0.5, 0.6) is 0 Å². The molecule has 0 amide bonds. The molecule has 1 heterocycles. The third-order valence-corrected chi connectivity index (χ3v) is 12.6. The topological polar surface area (TPSA) is 4.93 Å². The lowest BCUT2D eigenvalue weighted by atomic mass is 9.84. The van der Waals surface area contributed by atoms with Gasteiger partial charge in [-0.25, -0.2) is 0 Å². The zero-order valence-corrected chi connectivity index (χ0v) is 33.6. The Labute approximate surface area is 339 Å². The van der Waals surface area contributed by atoms with Crippen LogP contribution in [0.3, 0.4) is 0 Å². The molecule has 11 aromatic rings. The highest BCUT2D eigenvalue weighted by Gasteiger charge is 2.23. The molecule has 1 aromatic heterocycles. The molecule has 58 heavy (non-hydrogen) atoms. The van der Waals surface area contributed by atoms with Crippen LogP contribution in [0.15, 0.2) is 170 Å². The highest BCUT2D eigenvalue weighted by Crippen LogP contribution is 2.48. The largest absolute Gasteiger partial charge is 0.308 e. The van der Waals surface area contributed by atoms with Crippen LogP contribution >= 0.6 is 0 Å². The molecule has 0 spiro atoms. The molecular formula is C57H43N. The van der Waals surface area contributed by atoms with Gasteiger partial charge >= 0.3 is 0 Å². The van der Waals surface area contributed by atoms with Crippen molar-refractivity contribution in [1.29, 1.82) is 0 Å². The maximum absolute atomic E-state index is 2.55. The second-order valence-electron chi connectivity index (χ2n) is 16.5. The van der Waals surface area contributed by atoms with Crippen LogP contribution < -0.4 is 0 Å². The minimum Gasteiger partial charge on any atom is -0.308 e. The number of hydrogen-bond acceptors (Lipinski definition) is 0. The molecule has 276 valence electrons. The standard InChI is InChI=1S/C57H43N/c1-34-10-14-39(15-11-34)41-18-22-43(23-19-41)50-33-51(44-24-20-42(21-25-44)40-16-12-35(2)13-17-40)48-28-29-49-54-45(26-27-47(50)55(48)54)32-52-46-8-6-7-9-53(46)58(57(49)52)56-37(4)30-36(3)31-38(56)5/h6-33H,1-5H3. The fourth-order valence-electron chi connectivity index (χ4n) is 9.83. The summed E-state index contributed by atoms with van der Waals surface area (Å²) in [6, 6.07) is 64.0. The van der Waals surface area contributed by atoms with Crippen LogP contribution in [0, 0.1) is 34.6 Å². The molecule has 1 heteroatoms. The van der Waals surface area contributed by atoms with Crippen LogP contribution in [0.25, 0.3) is 104 Å². The molecule has 0 radical (unpaired) electrons. The predicted molar refractivity (Wildman–Crippen MR) is 250 cm³/mol. The van der Waals surface area contributed by atoms with E-state index < -0.39 is 0 Å². The number of benzene rings is 10. The van der Waals surface area contributed by atoms with Gasteiger partial charge in [0, 0.05) is 16.2 Å². The number of aryl methyl sites for hydroxylation is 5. The normalized spacial score (nSPS) is 11.9. The Hall–Kier alpha value is -6.96. The van der Waals surface area contributed by atoms with Crippen molar-refractivity contribution in [2.45, 2.75) is 34.6 Å². The molecule has 0 N–H and O–H groups in total. The van der Waals surface area contributed by atoms with E-state index in [1.807, 2.05) is 0 Å². The Morgan fingerprint density at radius 1 is 0.328 bits per heavy atom. The molecular weight excluding hydrogens is 699 g/mol. The highest BCUT2D eigenvalue weighted by molar-refractivity contribution is 6.34. The van der Waals surface area contributed by atoms with Crippen molar-refractivity contribution in [3.8, 4) is 50.2 Å². The first-order valence-electron chi connectivity index (χ1n) is 20.4. The lowest BCUT2D eigenvalue weighted by Gasteiger charge is -2.20. The van der Waals surface area contributed by atoms with E-state index in [9.17, 15) is 0 Å². The van der Waals surface area contributed by atoms with Crippen LogP contribution in [0.2, 0.25) is 0 Å². The Kier molecular flexibility index (Phi) is 7.72. The fourth-order valence-corrected chi connectivity index (χ4v) is 9.83. The second kappa shape index (κ2) is 13.0. The van der Waals surface area contributed by atoms with Crippen molar-refractivity contribution in [3.05, 3.63) is 198 Å². The second-order valence-corrected chi connectivity index (χ2v) is 16.5. The quantitative estimate of drug-likeness (QED) is 0.155. The zero-order chi connectivity index (χ0) is 39.2. The van der Waals surface area contributed by atoms with Gasteiger partial charge in [0.25, 0.3) is 0 Å². The Morgan fingerprint density at radius 3 is 1.34 bits per heavy atom. The molecule has 0 atom stereocenters. The lowest BCUT2D eigenvalue weighted by Crippen LogP contribution is -2.01. The maximum Gasteiger partial charge on any atom is 0.0620 e. The van der Waals surface area contributed by atoms with Crippen LogP contribution in [0.4, 0.5) is 0 Å². The van der Waals surface area contributed by atoms with Gasteiger partial charge in [0.2, 0.25) is 0 Å². The van der Waals surface area contributed by atoms with Crippen molar-refractivity contribution in [1.82, 2.24) is 4.57 Å². The molecule has 0 fully saturated rings. The Morgan fingerprint density at radius 2 is 0.793 bits per heavy atom. The number of nitrogens with zero attached hydrogens (tertiary/aromatic N) is 1. The van der Waals surface area contributed by atoms with Crippen molar-refractivity contribution in [2.75, 3.05) is 0 Å². The summed E-state index contributed by atoms with van der Waals surface area (Å²) in [4.78, 5) is 0. The smallest absolute Gasteiger partial charge is 0.0620 e. The summed E-state index contributed by atoms with van der Waals surface area (Å²) >= 11 is 0. The molecule has 11 rings (SSSR count). The fraction of sp³-hybridized carbons (Fsp3) is 0.0877. The number of aromatic nitrogens is 1. The number of hydrogen-bond donors (Lipinski definition) is 0. The van der Waals surface area contributed by atoms with Gasteiger partial charge in [0.15, 0.2) is 0 Å². The summed E-state index contributed by atoms with van der Waals surface area (Å²) < 4.78 is 2.55.